The highest BCUT2D eigenvalue weighted by Crippen LogP contribution is 2.22. The molecule has 0 radical (unpaired) electrons. The predicted molar refractivity (Wildman–Crippen MR) is 78.1 cm³/mol. The van der Waals surface area contributed by atoms with Crippen LogP contribution in [0.1, 0.15) is 50.7 Å². The maximum atomic E-state index is 13.7. The summed E-state index contributed by atoms with van der Waals surface area (Å²) in [4.78, 5) is 0. The Hall–Kier alpha value is -1.37. The third-order valence-corrected chi connectivity index (χ3v) is 3.09. The van der Waals surface area contributed by atoms with Crippen molar-refractivity contribution >= 4 is 5.57 Å². The van der Waals surface area contributed by atoms with E-state index in [1.54, 1.807) is 6.07 Å². The minimum Gasteiger partial charge on any atom is -0.206 e. The second kappa shape index (κ2) is 7.15. The molecule has 0 fully saturated rings. The summed E-state index contributed by atoms with van der Waals surface area (Å²) in [5.41, 5.74) is 3.90. The Morgan fingerprint density at radius 1 is 1.33 bits per heavy atom. The summed E-state index contributed by atoms with van der Waals surface area (Å²) < 4.78 is 13.7. The van der Waals surface area contributed by atoms with Crippen molar-refractivity contribution in [3.05, 3.63) is 53.4 Å². The zero-order valence-electron chi connectivity index (χ0n) is 11.7. The van der Waals surface area contributed by atoms with Crippen molar-refractivity contribution in [2.24, 2.45) is 0 Å². The first-order valence-corrected chi connectivity index (χ1v) is 6.64. The number of benzene rings is 1. The minimum absolute atomic E-state index is 0.158. The minimum atomic E-state index is -0.158. The van der Waals surface area contributed by atoms with Crippen LogP contribution in [0.4, 0.5) is 4.39 Å². The smallest absolute Gasteiger partial charge is 0.130 e. The molecule has 1 rings (SSSR count). The van der Waals surface area contributed by atoms with Crippen molar-refractivity contribution in [1.82, 2.24) is 0 Å². The van der Waals surface area contributed by atoms with Crippen LogP contribution >= 0.6 is 0 Å². The molecule has 1 aromatic carbocycles. The van der Waals surface area contributed by atoms with Gasteiger partial charge < -0.3 is 0 Å². The molecular formula is C17H23F. The monoisotopic (exact) mass is 246 g/mol. The lowest BCUT2D eigenvalue weighted by molar-refractivity contribution is 0.622. The molecule has 0 saturated carbocycles. The van der Waals surface area contributed by atoms with Crippen molar-refractivity contribution in [3.63, 3.8) is 0 Å². The first-order chi connectivity index (χ1) is 8.54. The zero-order valence-corrected chi connectivity index (χ0v) is 11.7. The second-order valence-electron chi connectivity index (χ2n) is 4.93. The van der Waals surface area contributed by atoms with Crippen LogP contribution in [0.5, 0.6) is 0 Å². The van der Waals surface area contributed by atoms with Crippen LogP contribution in [-0.2, 0) is 0 Å². The molecule has 98 valence electrons. The highest BCUT2D eigenvalue weighted by atomic mass is 19.1. The normalized spacial score (nSPS) is 11.7. The first kappa shape index (κ1) is 14.7. The largest absolute Gasteiger partial charge is 0.206 e. The van der Waals surface area contributed by atoms with Gasteiger partial charge in [0.05, 0.1) is 0 Å². The Morgan fingerprint density at radius 2 is 2.06 bits per heavy atom. The van der Waals surface area contributed by atoms with Crippen LogP contribution in [0.25, 0.3) is 5.57 Å². The van der Waals surface area contributed by atoms with E-state index in [1.165, 1.54) is 12.0 Å². The average molecular weight is 246 g/mol. The number of hydrogen-bond donors (Lipinski definition) is 0. The van der Waals surface area contributed by atoms with Crippen LogP contribution in [0.3, 0.4) is 0 Å². The standard InChI is InChI=1S/C17H23F/c1-5-7-13(2)8-6-9-15(4)16-11-10-14(3)12-17(16)18/h8,10-12H,4-7,9H2,1-3H3/b13-8-. The van der Waals surface area contributed by atoms with Gasteiger partial charge in [-0.3, -0.25) is 0 Å². The average Bonchev–Trinajstić information content (AvgIpc) is 2.29. The van der Waals surface area contributed by atoms with E-state index in [0.29, 0.717) is 5.56 Å². The summed E-state index contributed by atoms with van der Waals surface area (Å²) >= 11 is 0. The molecule has 0 spiro atoms. The SMILES string of the molecule is C=C(CC/C=C(/C)CCC)c1ccc(C)cc1F. The fraction of sp³-hybridized carbons (Fsp3) is 0.412. The van der Waals surface area contributed by atoms with E-state index >= 15 is 0 Å². The van der Waals surface area contributed by atoms with Gasteiger partial charge in [0.15, 0.2) is 0 Å². The van der Waals surface area contributed by atoms with E-state index in [9.17, 15) is 4.39 Å². The van der Waals surface area contributed by atoms with Crippen LogP contribution in [0.15, 0.2) is 36.4 Å². The van der Waals surface area contributed by atoms with Gasteiger partial charge in [0.2, 0.25) is 0 Å². The molecule has 0 heterocycles. The Morgan fingerprint density at radius 3 is 2.67 bits per heavy atom. The third kappa shape index (κ3) is 4.48. The highest BCUT2D eigenvalue weighted by Gasteiger charge is 2.05. The van der Waals surface area contributed by atoms with Crippen LogP contribution in [0, 0.1) is 12.7 Å². The summed E-state index contributed by atoms with van der Waals surface area (Å²) in [6.07, 6.45) is 6.32. The molecule has 0 bridgehead atoms. The van der Waals surface area contributed by atoms with Gasteiger partial charge >= 0.3 is 0 Å². The maximum absolute atomic E-state index is 13.7. The molecule has 0 amide bonds. The van der Waals surface area contributed by atoms with E-state index in [0.717, 1.165) is 30.4 Å². The molecule has 0 N–H and O–H groups in total. The maximum Gasteiger partial charge on any atom is 0.130 e. The lowest BCUT2D eigenvalue weighted by Gasteiger charge is -2.07. The summed E-state index contributed by atoms with van der Waals surface area (Å²) in [6.45, 7) is 10.2. The van der Waals surface area contributed by atoms with Crippen molar-refractivity contribution < 1.29 is 4.39 Å². The van der Waals surface area contributed by atoms with Gasteiger partial charge in [-0.2, -0.15) is 0 Å². The molecule has 0 atom stereocenters. The molecule has 0 saturated heterocycles. The van der Waals surface area contributed by atoms with Gasteiger partial charge in [-0.15, -0.1) is 0 Å². The second-order valence-corrected chi connectivity index (χ2v) is 4.93. The third-order valence-electron chi connectivity index (χ3n) is 3.09. The number of halogens is 1. The number of allylic oxidation sites excluding steroid dienone is 3. The molecule has 0 aliphatic rings. The molecule has 1 aromatic rings. The summed E-state index contributed by atoms with van der Waals surface area (Å²) in [6, 6.07) is 5.33. The van der Waals surface area contributed by atoms with E-state index in [2.05, 4.69) is 26.5 Å². The Kier molecular flexibility index (Phi) is 5.84. The van der Waals surface area contributed by atoms with Crippen LogP contribution in [0.2, 0.25) is 0 Å². The highest BCUT2D eigenvalue weighted by molar-refractivity contribution is 5.64. The summed E-state index contributed by atoms with van der Waals surface area (Å²) in [7, 11) is 0. The van der Waals surface area contributed by atoms with Gasteiger partial charge in [0, 0.05) is 5.56 Å². The molecule has 1 heteroatoms. The van der Waals surface area contributed by atoms with Crippen molar-refractivity contribution in [3.8, 4) is 0 Å². The quantitative estimate of drug-likeness (QED) is 0.567. The molecular weight excluding hydrogens is 223 g/mol. The molecule has 0 aliphatic heterocycles. The molecule has 0 aromatic heterocycles. The summed E-state index contributed by atoms with van der Waals surface area (Å²) in [5.74, 6) is -0.158. The molecule has 0 nitrogen and oxygen atoms in total. The van der Waals surface area contributed by atoms with E-state index in [4.69, 9.17) is 0 Å². The van der Waals surface area contributed by atoms with Gasteiger partial charge in [0.25, 0.3) is 0 Å². The van der Waals surface area contributed by atoms with Gasteiger partial charge in [-0.25, -0.2) is 4.39 Å². The fourth-order valence-electron chi connectivity index (χ4n) is 2.03. The van der Waals surface area contributed by atoms with Crippen molar-refractivity contribution in [2.75, 3.05) is 0 Å². The van der Waals surface area contributed by atoms with Crippen molar-refractivity contribution in [1.29, 1.82) is 0 Å². The van der Waals surface area contributed by atoms with Gasteiger partial charge in [0.1, 0.15) is 5.82 Å². The predicted octanol–water partition coefficient (Wildman–Crippen LogP) is 5.67. The fourth-order valence-corrected chi connectivity index (χ4v) is 2.03. The number of hydrogen-bond acceptors (Lipinski definition) is 0. The topological polar surface area (TPSA) is 0 Å². The number of aryl methyl sites for hydroxylation is 1. The Bertz CT molecular complexity index is 441. The van der Waals surface area contributed by atoms with Gasteiger partial charge in [-0.05, 0) is 50.3 Å². The van der Waals surface area contributed by atoms with E-state index in [-0.39, 0.29) is 5.82 Å². The van der Waals surface area contributed by atoms with E-state index in [1.807, 2.05) is 19.1 Å². The lowest BCUT2D eigenvalue weighted by Crippen LogP contribution is -1.90. The number of rotatable bonds is 6. The zero-order chi connectivity index (χ0) is 13.5. The van der Waals surface area contributed by atoms with E-state index < -0.39 is 0 Å². The Labute approximate surface area is 110 Å². The summed E-state index contributed by atoms with van der Waals surface area (Å²) in [5, 5.41) is 0. The van der Waals surface area contributed by atoms with Gasteiger partial charge in [-0.1, -0.05) is 43.7 Å². The van der Waals surface area contributed by atoms with Crippen molar-refractivity contribution in [2.45, 2.75) is 46.5 Å². The van der Waals surface area contributed by atoms with Crippen LogP contribution < -0.4 is 0 Å². The molecule has 0 unspecified atom stereocenters. The lowest BCUT2D eigenvalue weighted by atomic mass is 10.00. The molecule has 0 aliphatic carbocycles. The Balaban J connectivity index is 2.58. The van der Waals surface area contributed by atoms with Crippen LogP contribution in [-0.4, -0.2) is 0 Å². The molecule has 18 heavy (non-hydrogen) atoms. The first-order valence-electron chi connectivity index (χ1n) is 6.64.